The van der Waals surface area contributed by atoms with Crippen molar-refractivity contribution in [3.05, 3.63) is 29.8 Å². The zero-order chi connectivity index (χ0) is 14.6. The Labute approximate surface area is 109 Å². The van der Waals surface area contributed by atoms with Crippen molar-refractivity contribution in [3.8, 4) is 0 Å². The standard InChI is InChI=1S/C13H15F2NO3/c1-13(2,12(18)19)7-10(17)16-9-5-3-4-8(6-9)11(14)15/h3-6,11H,7H2,1-2H3,(H,16,17)(H,18,19). The number of hydrogen-bond acceptors (Lipinski definition) is 2. The second kappa shape index (κ2) is 5.77. The predicted octanol–water partition coefficient (Wildman–Crippen LogP) is 3.06. The van der Waals surface area contributed by atoms with Crippen LogP contribution in [0.3, 0.4) is 0 Å². The summed E-state index contributed by atoms with van der Waals surface area (Å²) in [4.78, 5) is 22.5. The van der Waals surface area contributed by atoms with Crippen LogP contribution in [0.1, 0.15) is 32.3 Å². The van der Waals surface area contributed by atoms with Gasteiger partial charge in [-0.2, -0.15) is 0 Å². The van der Waals surface area contributed by atoms with Crippen molar-refractivity contribution in [1.82, 2.24) is 0 Å². The minimum Gasteiger partial charge on any atom is -0.481 e. The first kappa shape index (κ1) is 15.1. The van der Waals surface area contributed by atoms with E-state index in [9.17, 15) is 18.4 Å². The Balaban J connectivity index is 2.72. The van der Waals surface area contributed by atoms with Crippen LogP contribution in [0.15, 0.2) is 24.3 Å². The van der Waals surface area contributed by atoms with Gasteiger partial charge in [0.05, 0.1) is 5.41 Å². The molecular weight excluding hydrogens is 256 g/mol. The predicted molar refractivity (Wildman–Crippen MR) is 66.1 cm³/mol. The number of alkyl halides is 2. The van der Waals surface area contributed by atoms with Gasteiger partial charge in [0.15, 0.2) is 0 Å². The average molecular weight is 271 g/mol. The quantitative estimate of drug-likeness (QED) is 0.864. The first-order valence-corrected chi connectivity index (χ1v) is 5.64. The molecule has 0 aliphatic rings. The van der Waals surface area contributed by atoms with Crippen LogP contribution in [0.5, 0.6) is 0 Å². The van der Waals surface area contributed by atoms with E-state index in [-0.39, 0.29) is 17.7 Å². The third kappa shape index (κ3) is 4.31. The van der Waals surface area contributed by atoms with Gasteiger partial charge >= 0.3 is 5.97 Å². The number of carboxylic acids is 1. The van der Waals surface area contributed by atoms with Gasteiger partial charge in [-0.25, -0.2) is 8.78 Å². The van der Waals surface area contributed by atoms with Gasteiger partial charge in [0, 0.05) is 17.7 Å². The molecule has 0 heterocycles. The van der Waals surface area contributed by atoms with Crippen molar-refractivity contribution in [3.63, 3.8) is 0 Å². The molecule has 0 spiro atoms. The molecule has 0 fully saturated rings. The van der Waals surface area contributed by atoms with Crippen LogP contribution >= 0.6 is 0 Å². The third-order valence-electron chi connectivity index (χ3n) is 2.60. The largest absolute Gasteiger partial charge is 0.481 e. The Bertz CT molecular complexity index is 487. The van der Waals surface area contributed by atoms with E-state index >= 15 is 0 Å². The Hall–Kier alpha value is -1.98. The Morgan fingerprint density at radius 1 is 1.37 bits per heavy atom. The SMILES string of the molecule is CC(C)(CC(=O)Nc1cccc(C(F)F)c1)C(=O)O. The third-order valence-corrected chi connectivity index (χ3v) is 2.60. The van der Waals surface area contributed by atoms with Gasteiger partial charge in [-0.3, -0.25) is 9.59 Å². The second-order valence-corrected chi connectivity index (χ2v) is 4.84. The maximum atomic E-state index is 12.5. The molecule has 6 heteroatoms. The zero-order valence-electron chi connectivity index (χ0n) is 10.6. The summed E-state index contributed by atoms with van der Waals surface area (Å²) in [7, 11) is 0. The van der Waals surface area contributed by atoms with Crippen LogP contribution in [0.25, 0.3) is 0 Å². The number of carboxylic acid groups (broad SMARTS) is 1. The fraction of sp³-hybridized carbons (Fsp3) is 0.385. The monoisotopic (exact) mass is 271 g/mol. The van der Waals surface area contributed by atoms with E-state index in [1.165, 1.54) is 32.0 Å². The number of nitrogens with one attached hydrogen (secondary N) is 1. The van der Waals surface area contributed by atoms with Crippen LogP contribution in [0.2, 0.25) is 0 Å². The minimum atomic E-state index is -2.62. The molecule has 0 aromatic heterocycles. The van der Waals surface area contributed by atoms with E-state index < -0.39 is 23.7 Å². The van der Waals surface area contributed by atoms with Crippen LogP contribution in [-0.2, 0) is 9.59 Å². The molecule has 104 valence electrons. The Morgan fingerprint density at radius 2 is 2.00 bits per heavy atom. The fourth-order valence-corrected chi connectivity index (χ4v) is 1.43. The van der Waals surface area contributed by atoms with Crippen molar-refractivity contribution >= 4 is 17.6 Å². The van der Waals surface area contributed by atoms with Gasteiger partial charge in [0.25, 0.3) is 6.43 Å². The lowest BCUT2D eigenvalue weighted by Gasteiger charge is -2.18. The Morgan fingerprint density at radius 3 is 2.53 bits per heavy atom. The van der Waals surface area contributed by atoms with Gasteiger partial charge in [-0.15, -0.1) is 0 Å². The summed E-state index contributed by atoms with van der Waals surface area (Å²) in [5.74, 6) is -1.62. The van der Waals surface area contributed by atoms with E-state index in [1.807, 2.05) is 0 Å². The lowest BCUT2D eigenvalue weighted by atomic mass is 9.89. The molecule has 1 amide bonds. The molecular formula is C13H15F2NO3. The zero-order valence-corrected chi connectivity index (χ0v) is 10.6. The van der Waals surface area contributed by atoms with Crippen molar-refractivity contribution < 1.29 is 23.5 Å². The normalized spacial score (nSPS) is 11.4. The summed E-state index contributed by atoms with van der Waals surface area (Å²) in [5.41, 5.74) is -1.18. The molecule has 1 rings (SSSR count). The smallest absolute Gasteiger partial charge is 0.309 e. The number of amides is 1. The number of aliphatic carboxylic acids is 1. The number of rotatable bonds is 5. The molecule has 0 radical (unpaired) electrons. The van der Waals surface area contributed by atoms with E-state index in [0.717, 1.165) is 6.07 Å². The second-order valence-electron chi connectivity index (χ2n) is 4.84. The first-order chi connectivity index (χ1) is 8.72. The Kier molecular flexibility index (Phi) is 4.58. The van der Waals surface area contributed by atoms with E-state index in [1.54, 1.807) is 0 Å². The van der Waals surface area contributed by atoms with Gasteiger partial charge in [0.1, 0.15) is 0 Å². The highest BCUT2D eigenvalue weighted by molar-refractivity contribution is 5.94. The number of hydrogen-bond donors (Lipinski definition) is 2. The molecule has 0 atom stereocenters. The summed E-state index contributed by atoms with van der Waals surface area (Å²) in [6.07, 6.45) is -2.85. The number of carbonyl (C=O) groups excluding carboxylic acids is 1. The molecule has 0 bridgehead atoms. The fourth-order valence-electron chi connectivity index (χ4n) is 1.43. The lowest BCUT2D eigenvalue weighted by Crippen LogP contribution is -2.29. The highest BCUT2D eigenvalue weighted by atomic mass is 19.3. The molecule has 2 N–H and O–H groups in total. The van der Waals surface area contributed by atoms with Crippen LogP contribution in [-0.4, -0.2) is 17.0 Å². The van der Waals surface area contributed by atoms with E-state index in [4.69, 9.17) is 5.11 Å². The van der Waals surface area contributed by atoms with Crippen LogP contribution < -0.4 is 5.32 Å². The molecule has 19 heavy (non-hydrogen) atoms. The molecule has 4 nitrogen and oxygen atoms in total. The van der Waals surface area contributed by atoms with Gasteiger partial charge in [-0.1, -0.05) is 12.1 Å². The van der Waals surface area contributed by atoms with Crippen LogP contribution in [0.4, 0.5) is 14.5 Å². The molecule has 0 unspecified atom stereocenters. The molecule has 0 aliphatic carbocycles. The van der Waals surface area contributed by atoms with Gasteiger partial charge < -0.3 is 10.4 Å². The van der Waals surface area contributed by atoms with Gasteiger partial charge in [-0.05, 0) is 26.0 Å². The maximum absolute atomic E-state index is 12.5. The van der Waals surface area contributed by atoms with E-state index in [0.29, 0.717) is 0 Å². The first-order valence-electron chi connectivity index (χ1n) is 5.64. The molecule has 0 saturated heterocycles. The highest BCUT2D eigenvalue weighted by Gasteiger charge is 2.30. The number of benzene rings is 1. The number of carbonyl (C=O) groups is 2. The highest BCUT2D eigenvalue weighted by Crippen LogP contribution is 2.24. The number of halogens is 2. The minimum absolute atomic E-state index is 0.199. The summed E-state index contributed by atoms with van der Waals surface area (Å²) < 4.78 is 24.9. The molecule has 1 aromatic rings. The molecule has 1 aromatic carbocycles. The average Bonchev–Trinajstić information content (AvgIpc) is 2.28. The van der Waals surface area contributed by atoms with Crippen molar-refractivity contribution in [2.75, 3.05) is 5.32 Å². The molecule has 0 saturated carbocycles. The van der Waals surface area contributed by atoms with Crippen molar-refractivity contribution in [2.24, 2.45) is 5.41 Å². The summed E-state index contributed by atoms with van der Waals surface area (Å²) in [5, 5.41) is 11.3. The number of anilines is 1. The summed E-state index contributed by atoms with van der Waals surface area (Å²) in [6, 6.07) is 5.29. The van der Waals surface area contributed by atoms with Crippen molar-refractivity contribution in [1.29, 1.82) is 0 Å². The lowest BCUT2D eigenvalue weighted by molar-refractivity contribution is -0.148. The topological polar surface area (TPSA) is 66.4 Å². The van der Waals surface area contributed by atoms with Crippen molar-refractivity contribution in [2.45, 2.75) is 26.7 Å². The van der Waals surface area contributed by atoms with E-state index in [2.05, 4.69) is 5.32 Å². The summed E-state index contributed by atoms with van der Waals surface area (Å²) >= 11 is 0. The summed E-state index contributed by atoms with van der Waals surface area (Å²) in [6.45, 7) is 2.84. The van der Waals surface area contributed by atoms with Crippen LogP contribution in [0, 0.1) is 5.41 Å². The molecule has 0 aliphatic heterocycles. The van der Waals surface area contributed by atoms with Gasteiger partial charge in [0.2, 0.25) is 5.91 Å². The maximum Gasteiger partial charge on any atom is 0.309 e.